The smallest absolute Gasteiger partial charge is 0.111 e. The number of hydrogen-bond donors (Lipinski definition) is 1. The zero-order chi connectivity index (χ0) is 11.7. The summed E-state index contributed by atoms with van der Waals surface area (Å²) in [6.45, 7) is 6.45. The van der Waals surface area contributed by atoms with Crippen LogP contribution in [0.1, 0.15) is 36.9 Å². The molecule has 2 rings (SSSR count). The first-order chi connectivity index (χ1) is 7.63. The molecule has 1 heterocycles. The number of thiazole rings is 1. The minimum absolute atomic E-state index is 0.0711. The summed E-state index contributed by atoms with van der Waals surface area (Å²) >= 11 is 1.73. The first-order valence-electron chi connectivity index (χ1n) is 5.75. The lowest BCUT2D eigenvalue weighted by Crippen LogP contribution is -2.18. The Morgan fingerprint density at radius 3 is 2.81 bits per heavy atom. The van der Waals surface area contributed by atoms with Gasteiger partial charge in [-0.15, -0.1) is 11.3 Å². The van der Waals surface area contributed by atoms with E-state index in [2.05, 4.69) is 44.0 Å². The molecule has 0 aliphatic rings. The molecule has 0 bridgehead atoms. The number of benzene rings is 1. The predicted molar refractivity (Wildman–Crippen MR) is 70.7 cm³/mol. The SMILES string of the molecule is CCC(C)C(N)c1nc2c(C)cccc2s1. The van der Waals surface area contributed by atoms with Crippen molar-refractivity contribution in [3.05, 3.63) is 28.8 Å². The summed E-state index contributed by atoms with van der Waals surface area (Å²) in [7, 11) is 0. The van der Waals surface area contributed by atoms with Gasteiger partial charge in [0.05, 0.1) is 16.3 Å². The van der Waals surface area contributed by atoms with Crippen molar-refractivity contribution in [3.63, 3.8) is 0 Å². The van der Waals surface area contributed by atoms with Crippen molar-refractivity contribution in [1.29, 1.82) is 0 Å². The van der Waals surface area contributed by atoms with Crippen molar-refractivity contribution in [2.24, 2.45) is 11.7 Å². The van der Waals surface area contributed by atoms with E-state index in [1.165, 1.54) is 10.3 Å². The van der Waals surface area contributed by atoms with Crippen LogP contribution < -0.4 is 5.73 Å². The van der Waals surface area contributed by atoms with Crippen molar-refractivity contribution in [3.8, 4) is 0 Å². The maximum atomic E-state index is 6.21. The number of nitrogens with two attached hydrogens (primary N) is 1. The number of para-hydroxylation sites is 1. The van der Waals surface area contributed by atoms with Gasteiger partial charge >= 0.3 is 0 Å². The molecule has 0 spiro atoms. The summed E-state index contributed by atoms with van der Waals surface area (Å²) in [5.41, 5.74) is 8.56. The number of fused-ring (bicyclic) bond motifs is 1. The molecule has 1 aromatic carbocycles. The van der Waals surface area contributed by atoms with Crippen LogP contribution in [-0.4, -0.2) is 4.98 Å². The monoisotopic (exact) mass is 234 g/mol. The number of aryl methyl sites for hydroxylation is 1. The van der Waals surface area contributed by atoms with E-state index in [9.17, 15) is 0 Å². The van der Waals surface area contributed by atoms with E-state index < -0.39 is 0 Å². The van der Waals surface area contributed by atoms with Gasteiger partial charge in [0.2, 0.25) is 0 Å². The maximum Gasteiger partial charge on any atom is 0.111 e. The normalized spacial score (nSPS) is 15.2. The minimum atomic E-state index is 0.0711. The largest absolute Gasteiger partial charge is 0.322 e. The van der Waals surface area contributed by atoms with Gasteiger partial charge in [-0.1, -0.05) is 32.4 Å². The van der Waals surface area contributed by atoms with Crippen LogP contribution in [0, 0.1) is 12.8 Å². The van der Waals surface area contributed by atoms with Crippen LogP contribution in [0.25, 0.3) is 10.2 Å². The van der Waals surface area contributed by atoms with Gasteiger partial charge in [0.15, 0.2) is 0 Å². The van der Waals surface area contributed by atoms with Crippen molar-refractivity contribution >= 4 is 21.6 Å². The van der Waals surface area contributed by atoms with Crippen LogP contribution in [0.15, 0.2) is 18.2 Å². The van der Waals surface area contributed by atoms with E-state index in [0.717, 1.165) is 16.9 Å². The summed E-state index contributed by atoms with van der Waals surface area (Å²) in [6, 6.07) is 6.36. The Kier molecular flexibility index (Phi) is 3.26. The number of hydrogen-bond acceptors (Lipinski definition) is 3. The van der Waals surface area contributed by atoms with Crippen molar-refractivity contribution in [2.45, 2.75) is 33.2 Å². The van der Waals surface area contributed by atoms with Crippen molar-refractivity contribution < 1.29 is 0 Å². The standard InChI is InChI=1S/C13H18N2S/c1-4-8(2)11(14)13-15-12-9(3)6-5-7-10(12)16-13/h5-8,11H,4,14H2,1-3H3. The summed E-state index contributed by atoms with van der Waals surface area (Å²) in [4.78, 5) is 4.67. The van der Waals surface area contributed by atoms with Crippen LogP contribution in [0.2, 0.25) is 0 Å². The van der Waals surface area contributed by atoms with E-state index in [4.69, 9.17) is 5.73 Å². The average Bonchev–Trinajstić information content (AvgIpc) is 2.72. The molecule has 0 saturated heterocycles. The molecule has 0 aliphatic heterocycles. The summed E-state index contributed by atoms with van der Waals surface area (Å²) in [6.07, 6.45) is 1.09. The lowest BCUT2D eigenvalue weighted by Gasteiger charge is -2.14. The Labute approximate surface area is 101 Å². The molecular weight excluding hydrogens is 216 g/mol. The first-order valence-corrected chi connectivity index (χ1v) is 6.56. The van der Waals surface area contributed by atoms with Gasteiger partial charge in [-0.25, -0.2) is 4.98 Å². The summed E-state index contributed by atoms with van der Waals surface area (Å²) in [5, 5.41) is 1.07. The van der Waals surface area contributed by atoms with Gasteiger partial charge in [-0.3, -0.25) is 0 Å². The van der Waals surface area contributed by atoms with Gasteiger partial charge < -0.3 is 5.73 Å². The lowest BCUT2D eigenvalue weighted by molar-refractivity contribution is 0.456. The zero-order valence-corrected chi connectivity index (χ0v) is 10.8. The highest BCUT2D eigenvalue weighted by atomic mass is 32.1. The molecular formula is C13H18N2S. The topological polar surface area (TPSA) is 38.9 Å². The molecule has 0 amide bonds. The van der Waals surface area contributed by atoms with Crippen molar-refractivity contribution in [1.82, 2.24) is 4.98 Å². The average molecular weight is 234 g/mol. The Morgan fingerprint density at radius 2 is 2.19 bits per heavy atom. The number of aromatic nitrogens is 1. The van der Waals surface area contributed by atoms with E-state index in [1.807, 2.05) is 0 Å². The van der Waals surface area contributed by atoms with Gasteiger partial charge in [0.1, 0.15) is 5.01 Å². The van der Waals surface area contributed by atoms with Gasteiger partial charge in [0.25, 0.3) is 0 Å². The molecule has 86 valence electrons. The van der Waals surface area contributed by atoms with Crippen LogP contribution in [0.4, 0.5) is 0 Å². The Balaban J connectivity index is 2.43. The van der Waals surface area contributed by atoms with E-state index in [1.54, 1.807) is 11.3 Å². The number of rotatable bonds is 3. The maximum absolute atomic E-state index is 6.21. The second-order valence-corrected chi connectivity index (χ2v) is 5.45. The molecule has 2 unspecified atom stereocenters. The van der Waals surface area contributed by atoms with Gasteiger partial charge in [-0.2, -0.15) is 0 Å². The van der Waals surface area contributed by atoms with Crippen molar-refractivity contribution in [2.75, 3.05) is 0 Å². The van der Waals surface area contributed by atoms with Gasteiger partial charge in [-0.05, 0) is 24.5 Å². The van der Waals surface area contributed by atoms with E-state index >= 15 is 0 Å². The Morgan fingerprint density at radius 1 is 1.44 bits per heavy atom. The second kappa shape index (κ2) is 4.52. The summed E-state index contributed by atoms with van der Waals surface area (Å²) in [5.74, 6) is 0.487. The minimum Gasteiger partial charge on any atom is -0.322 e. The van der Waals surface area contributed by atoms with E-state index in [-0.39, 0.29) is 6.04 Å². The molecule has 0 saturated carbocycles. The van der Waals surface area contributed by atoms with E-state index in [0.29, 0.717) is 5.92 Å². The molecule has 2 aromatic rings. The quantitative estimate of drug-likeness (QED) is 0.880. The second-order valence-electron chi connectivity index (χ2n) is 4.39. The van der Waals surface area contributed by atoms with Crippen LogP contribution in [0.5, 0.6) is 0 Å². The highest BCUT2D eigenvalue weighted by Gasteiger charge is 2.17. The molecule has 2 nitrogen and oxygen atoms in total. The molecule has 16 heavy (non-hydrogen) atoms. The molecule has 3 heteroatoms. The van der Waals surface area contributed by atoms with Crippen LogP contribution >= 0.6 is 11.3 Å². The molecule has 0 fully saturated rings. The molecule has 0 radical (unpaired) electrons. The van der Waals surface area contributed by atoms with Crippen LogP contribution in [-0.2, 0) is 0 Å². The lowest BCUT2D eigenvalue weighted by atomic mass is 10.0. The van der Waals surface area contributed by atoms with Crippen LogP contribution in [0.3, 0.4) is 0 Å². The molecule has 1 aromatic heterocycles. The fraction of sp³-hybridized carbons (Fsp3) is 0.462. The Hall–Kier alpha value is -0.930. The molecule has 0 aliphatic carbocycles. The first kappa shape index (κ1) is 11.6. The number of nitrogens with zero attached hydrogens (tertiary/aromatic N) is 1. The third-order valence-corrected chi connectivity index (χ3v) is 4.30. The fourth-order valence-electron chi connectivity index (χ4n) is 1.74. The fourth-order valence-corrected chi connectivity index (χ4v) is 2.92. The third kappa shape index (κ3) is 1.97. The molecule has 2 atom stereocenters. The third-order valence-electron chi connectivity index (χ3n) is 3.18. The molecule has 2 N–H and O–H groups in total. The Bertz CT molecular complexity index is 490. The highest BCUT2D eigenvalue weighted by Crippen LogP contribution is 2.31. The predicted octanol–water partition coefficient (Wildman–Crippen LogP) is 3.65. The summed E-state index contributed by atoms with van der Waals surface area (Å²) < 4.78 is 1.24. The highest BCUT2D eigenvalue weighted by molar-refractivity contribution is 7.18. The van der Waals surface area contributed by atoms with Gasteiger partial charge in [0, 0.05) is 0 Å². The zero-order valence-electron chi connectivity index (χ0n) is 10.0.